The van der Waals surface area contributed by atoms with Crippen LogP contribution in [-0.2, 0) is 11.4 Å². The largest absolute Gasteiger partial charge is 0.390 e. The van der Waals surface area contributed by atoms with Gasteiger partial charge in [0.1, 0.15) is 17.5 Å². The van der Waals surface area contributed by atoms with Crippen LogP contribution in [0.2, 0.25) is 0 Å². The molecule has 1 aliphatic rings. The van der Waals surface area contributed by atoms with Crippen LogP contribution in [0.5, 0.6) is 0 Å². The Balaban J connectivity index is 1.53. The van der Waals surface area contributed by atoms with Crippen LogP contribution in [0.25, 0.3) is 0 Å². The van der Waals surface area contributed by atoms with Gasteiger partial charge in [-0.2, -0.15) is 0 Å². The normalized spacial score (nSPS) is 15.3. The quantitative estimate of drug-likeness (QED) is 0.563. The second-order valence-corrected chi connectivity index (χ2v) is 7.26. The molecular weight excluding hydrogens is 405 g/mol. The smallest absolute Gasteiger partial charge is 0.254 e. The summed E-state index contributed by atoms with van der Waals surface area (Å²) in [6, 6.07) is 17.4. The maximum Gasteiger partial charge on any atom is 0.254 e. The maximum atomic E-state index is 14.2. The van der Waals surface area contributed by atoms with Gasteiger partial charge in [0.2, 0.25) is 0 Å². The van der Waals surface area contributed by atoms with E-state index in [0.29, 0.717) is 17.7 Å². The lowest BCUT2D eigenvalue weighted by Crippen LogP contribution is -2.37. The van der Waals surface area contributed by atoms with Crippen molar-refractivity contribution in [2.45, 2.75) is 19.1 Å². The predicted molar refractivity (Wildman–Crippen MR) is 110 cm³/mol. The molecule has 0 N–H and O–H groups in total. The average Bonchev–Trinajstić information content (AvgIpc) is 3.23. The van der Waals surface area contributed by atoms with E-state index in [1.807, 2.05) is 0 Å². The molecule has 0 bridgehead atoms. The molecule has 158 valence electrons. The predicted octanol–water partition coefficient (Wildman–Crippen LogP) is 4.94. The second kappa shape index (κ2) is 9.04. The minimum absolute atomic E-state index is 0.00619. The fourth-order valence-electron chi connectivity index (χ4n) is 3.44. The van der Waals surface area contributed by atoms with Crippen molar-refractivity contribution < 1.29 is 22.8 Å². The molecule has 3 aromatic carbocycles. The molecule has 1 heterocycles. The van der Waals surface area contributed by atoms with Gasteiger partial charge in [-0.3, -0.25) is 4.79 Å². The van der Waals surface area contributed by atoms with Gasteiger partial charge in [0.25, 0.3) is 5.91 Å². The first-order valence-corrected chi connectivity index (χ1v) is 9.76. The maximum absolute atomic E-state index is 14.2. The number of halogens is 3. The van der Waals surface area contributed by atoms with Crippen molar-refractivity contribution in [3.8, 4) is 0 Å². The molecule has 4 rings (SSSR count). The summed E-state index contributed by atoms with van der Waals surface area (Å²) in [5.41, 5.74) is 1.86. The Morgan fingerprint density at radius 2 is 1.74 bits per heavy atom. The zero-order valence-electron chi connectivity index (χ0n) is 16.5. The van der Waals surface area contributed by atoms with Crippen LogP contribution in [0.3, 0.4) is 0 Å². The summed E-state index contributed by atoms with van der Waals surface area (Å²) in [6.07, 6.45) is -0.0696. The number of carbonyl (C=O) groups is 1. The van der Waals surface area contributed by atoms with Crippen LogP contribution in [0.1, 0.15) is 27.9 Å². The van der Waals surface area contributed by atoms with E-state index in [0.717, 1.165) is 11.6 Å². The Morgan fingerprint density at radius 1 is 0.968 bits per heavy atom. The highest BCUT2D eigenvalue weighted by Crippen LogP contribution is 2.21. The van der Waals surface area contributed by atoms with Gasteiger partial charge >= 0.3 is 0 Å². The third-order valence-electron chi connectivity index (χ3n) is 5.01. The van der Waals surface area contributed by atoms with Gasteiger partial charge in [-0.1, -0.05) is 41.6 Å². The highest BCUT2D eigenvalue weighted by Gasteiger charge is 2.28. The summed E-state index contributed by atoms with van der Waals surface area (Å²) in [5.74, 6) is -1.76. The molecule has 1 amide bonds. The van der Waals surface area contributed by atoms with E-state index in [2.05, 4.69) is 5.16 Å². The molecule has 7 heteroatoms. The molecule has 0 radical (unpaired) electrons. The number of rotatable bonds is 6. The van der Waals surface area contributed by atoms with Crippen molar-refractivity contribution in [1.82, 2.24) is 4.90 Å². The molecule has 0 unspecified atom stereocenters. The summed E-state index contributed by atoms with van der Waals surface area (Å²) < 4.78 is 41.0. The Kier molecular flexibility index (Phi) is 6.02. The molecule has 0 aromatic heterocycles. The van der Waals surface area contributed by atoms with E-state index in [9.17, 15) is 18.0 Å². The van der Waals surface area contributed by atoms with Crippen LogP contribution in [0, 0.1) is 17.5 Å². The van der Waals surface area contributed by atoms with Crippen LogP contribution in [0.15, 0.2) is 78.0 Å². The highest BCUT2D eigenvalue weighted by atomic mass is 19.1. The fraction of sp³-hybridized carbons (Fsp3) is 0.167. The van der Waals surface area contributed by atoms with E-state index in [-0.39, 0.29) is 24.5 Å². The van der Waals surface area contributed by atoms with Crippen LogP contribution in [-0.4, -0.2) is 29.2 Å². The number of benzene rings is 3. The van der Waals surface area contributed by atoms with Gasteiger partial charge in [-0.15, -0.1) is 0 Å². The summed E-state index contributed by atoms with van der Waals surface area (Å²) in [4.78, 5) is 20.0. The monoisotopic (exact) mass is 424 g/mol. The molecule has 31 heavy (non-hydrogen) atoms. The Morgan fingerprint density at radius 3 is 2.48 bits per heavy atom. The topological polar surface area (TPSA) is 41.9 Å². The van der Waals surface area contributed by atoms with Crippen molar-refractivity contribution in [2.75, 3.05) is 6.54 Å². The summed E-state index contributed by atoms with van der Waals surface area (Å²) in [6.45, 7) is 0.117. The molecule has 0 fully saturated rings. The Hall–Kier alpha value is -3.61. The number of nitrogens with zero attached hydrogens (tertiary/aromatic N) is 2. The first-order valence-electron chi connectivity index (χ1n) is 9.76. The average molecular weight is 424 g/mol. The SMILES string of the molecule is O=C(c1cccc(F)c1)N(Cc1ccccc1F)C[C@H]1CC(c2ccc(F)cc2)=NO1. The minimum Gasteiger partial charge on any atom is -0.390 e. The zero-order chi connectivity index (χ0) is 21.8. The van der Waals surface area contributed by atoms with E-state index in [1.54, 1.807) is 30.3 Å². The molecule has 0 saturated carbocycles. The second-order valence-electron chi connectivity index (χ2n) is 7.26. The molecular formula is C24H19F3N2O2. The van der Waals surface area contributed by atoms with Gasteiger partial charge in [-0.25, -0.2) is 13.2 Å². The van der Waals surface area contributed by atoms with E-state index >= 15 is 0 Å². The lowest BCUT2D eigenvalue weighted by Gasteiger charge is -2.25. The third kappa shape index (κ3) is 4.94. The van der Waals surface area contributed by atoms with Gasteiger partial charge in [-0.05, 0) is 42.0 Å². The molecule has 0 saturated heterocycles. The van der Waals surface area contributed by atoms with E-state index < -0.39 is 23.6 Å². The Bertz CT molecular complexity index is 1120. The molecule has 1 atom stereocenters. The van der Waals surface area contributed by atoms with Gasteiger partial charge in [0, 0.05) is 24.1 Å². The number of carbonyl (C=O) groups excluding carboxylic acids is 1. The molecule has 4 nitrogen and oxygen atoms in total. The summed E-state index contributed by atoms with van der Waals surface area (Å²) >= 11 is 0. The standard InChI is InChI=1S/C24H19F3N2O2/c25-19-10-8-16(9-11-19)23-13-21(31-28-23)15-29(14-18-4-1-2-7-22(18)27)24(30)17-5-3-6-20(26)12-17/h1-12,21H,13-15H2/t21-/m1/s1. The zero-order valence-corrected chi connectivity index (χ0v) is 16.5. The fourth-order valence-corrected chi connectivity index (χ4v) is 3.44. The van der Waals surface area contributed by atoms with Crippen LogP contribution in [0.4, 0.5) is 13.2 Å². The van der Waals surface area contributed by atoms with Gasteiger partial charge in [0.15, 0.2) is 6.10 Å². The van der Waals surface area contributed by atoms with Crippen LogP contribution < -0.4 is 0 Å². The number of oxime groups is 1. The summed E-state index contributed by atoms with van der Waals surface area (Å²) in [7, 11) is 0. The molecule has 0 aliphatic carbocycles. The number of hydrogen-bond acceptors (Lipinski definition) is 3. The first kappa shape index (κ1) is 20.7. The van der Waals surface area contributed by atoms with Crippen molar-refractivity contribution in [3.63, 3.8) is 0 Å². The van der Waals surface area contributed by atoms with E-state index in [1.165, 1.54) is 41.3 Å². The highest BCUT2D eigenvalue weighted by molar-refractivity contribution is 6.01. The van der Waals surface area contributed by atoms with Crippen molar-refractivity contribution >= 4 is 11.6 Å². The molecule has 3 aromatic rings. The van der Waals surface area contributed by atoms with Crippen molar-refractivity contribution in [1.29, 1.82) is 0 Å². The number of amides is 1. The van der Waals surface area contributed by atoms with Crippen molar-refractivity contribution in [2.24, 2.45) is 5.16 Å². The number of hydrogen-bond donors (Lipinski definition) is 0. The van der Waals surface area contributed by atoms with Crippen molar-refractivity contribution in [3.05, 3.63) is 107 Å². The lowest BCUT2D eigenvalue weighted by molar-refractivity contribution is 0.0402. The van der Waals surface area contributed by atoms with E-state index in [4.69, 9.17) is 4.84 Å². The third-order valence-corrected chi connectivity index (χ3v) is 5.01. The molecule has 1 aliphatic heterocycles. The first-order chi connectivity index (χ1) is 15.0. The van der Waals surface area contributed by atoms with Gasteiger partial charge < -0.3 is 9.74 Å². The Labute approximate surface area is 177 Å². The lowest BCUT2D eigenvalue weighted by atomic mass is 10.0. The molecule has 0 spiro atoms. The van der Waals surface area contributed by atoms with Crippen LogP contribution >= 0.6 is 0 Å². The minimum atomic E-state index is -0.532. The summed E-state index contributed by atoms with van der Waals surface area (Å²) in [5, 5.41) is 4.06. The van der Waals surface area contributed by atoms with Gasteiger partial charge in [0.05, 0.1) is 12.3 Å².